The Morgan fingerprint density at radius 2 is 1.38 bits per heavy atom. The zero-order valence-electron chi connectivity index (χ0n) is 14.0. The molecular weight excluding hydrogens is 340 g/mol. The predicted octanol–water partition coefficient (Wildman–Crippen LogP) is 3.95. The number of hydrogen-bond donors (Lipinski definition) is 0. The number of imide groups is 1. The number of carbonyl (C=O) groups excluding carboxylic acids is 2. The van der Waals surface area contributed by atoms with Gasteiger partial charge in [0.2, 0.25) is 0 Å². The third-order valence-electron chi connectivity index (χ3n) is 4.97. The van der Waals surface area contributed by atoms with Gasteiger partial charge in [0.05, 0.1) is 17.2 Å². The zero-order chi connectivity index (χ0) is 18.3. The second kappa shape index (κ2) is 6.52. The summed E-state index contributed by atoms with van der Waals surface area (Å²) in [6.07, 6.45) is 2.23. The van der Waals surface area contributed by atoms with Crippen LogP contribution in [0.4, 0.5) is 8.78 Å². The average molecular weight is 357 g/mol. The summed E-state index contributed by atoms with van der Waals surface area (Å²) in [6, 6.07) is 9.76. The maximum Gasteiger partial charge on any atom is 0.261 e. The predicted molar refractivity (Wildman–Crippen MR) is 90.0 cm³/mol. The first-order valence-corrected chi connectivity index (χ1v) is 8.62. The SMILES string of the molecule is O=C1c2ccccc2C(=O)N1C1CCC(Oc2cc(F)cc(F)c2)CC1. The molecule has 2 amide bonds. The fraction of sp³-hybridized carbons (Fsp3) is 0.300. The van der Waals surface area contributed by atoms with E-state index in [2.05, 4.69) is 0 Å². The average Bonchev–Trinajstić information content (AvgIpc) is 2.86. The van der Waals surface area contributed by atoms with E-state index in [4.69, 9.17) is 4.74 Å². The van der Waals surface area contributed by atoms with Crippen LogP contribution in [0.3, 0.4) is 0 Å². The van der Waals surface area contributed by atoms with Gasteiger partial charge in [-0.3, -0.25) is 14.5 Å². The van der Waals surface area contributed by atoms with E-state index in [-0.39, 0.29) is 29.7 Å². The maximum atomic E-state index is 13.3. The molecular formula is C20H17F2NO3. The quantitative estimate of drug-likeness (QED) is 0.782. The second-order valence-corrected chi connectivity index (χ2v) is 6.68. The van der Waals surface area contributed by atoms with Crippen LogP contribution in [-0.4, -0.2) is 28.9 Å². The summed E-state index contributed by atoms with van der Waals surface area (Å²) in [5.74, 6) is -1.70. The number of nitrogens with zero attached hydrogens (tertiary/aromatic N) is 1. The Morgan fingerprint density at radius 3 is 1.92 bits per heavy atom. The number of rotatable bonds is 3. The number of amides is 2. The van der Waals surface area contributed by atoms with Gasteiger partial charge >= 0.3 is 0 Å². The lowest BCUT2D eigenvalue weighted by atomic mass is 9.91. The van der Waals surface area contributed by atoms with Crippen LogP contribution in [0.15, 0.2) is 42.5 Å². The molecule has 0 atom stereocenters. The number of fused-ring (bicyclic) bond motifs is 1. The van der Waals surface area contributed by atoms with Crippen LogP contribution < -0.4 is 4.74 Å². The van der Waals surface area contributed by atoms with Gasteiger partial charge < -0.3 is 4.74 Å². The highest BCUT2D eigenvalue weighted by atomic mass is 19.1. The largest absolute Gasteiger partial charge is 0.490 e. The van der Waals surface area contributed by atoms with Gasteiger partial charge in [-0.05, 0) is 37.8 Å². The minimum absolute atomic E-state index is 0.159. The Labute approximate surface area is 149 Å². The molecule has 4 rings (SSSR count). The summed E-state index contributed by atoms with van der Waals surface area (Å²) < 4.78 is 32.2. The van der Waals surface area contributed by atoms with Crippen LogP contribution in [0.25, 0.3) is 0 Å². The van der Waals surface area contributed by atoms with Crippen LogP contribution >= 0.6 is 0 Å². The molecule has 0 aromatic heterocycles. The van der Waals surface area contributed by atoms with E-state index in [0.717, 1.165) is 18.2 Å². The summed E-state index contributed by atoms with van der Waals surface area (Å²) in [4.78, 5) is 26.4. The van der Waals surface area contributed by atoms with E-state index >= 15 is 0 Å². The highest BCUT2D eigenvalue weighted by Gasteiger charge is 2.41. The Morgan fingerprint density at radius 1 is 0.846 bits per heavy atom. The molecule has 6 heteroatoms. The van der Waals surface area contributed by atoms with E-state index in [0.29, 0.717) is 36.8 Å². The molecule has 2 aromatic carbocycles. The number of benzene rings is 2. The van der Waals surface area contributed by atoms with Crippen molar-refractivity contribution in [1.82, 2.24) is 4.90 Å². The molecule has 4 nitrogen and oxygen atoms in total. The Kier molecular flexibility index (Phi) is 4.18. The fourth-order valence-corrected chi connectivity index (χ4v) is 3.75. The van der Waals surface area contributed by atoms with Gasteiger partial charge in [-0.15, -0.1) is 0 Å². The Hall–Kier alpha value is -2.76. The minimum atomic E-state index is -0.681. The molecule has 1 heterocycles. The van der Waals surface area contributed by atoms with Crippen molar-refractivity contribution in [2.75, 3.05) is 0 Å². The molecule has 2 aromatic rings. The fourth-order valence-electron chi connectivity index (χ4n) is 3.75. The van der Waals surface area contributed by atoms with Crippen LogP contribution in [0.5, 0.6) is 5.75 Å². The first-order valence-electron chi connectivity index (χ1n) is 8.62. The molecule has 0 radical (unpaired) electrons. The van der Waals surface area contributed by atoms with Crippen molar-refractivity contribution < 1.29 is 23.1 Å². The third-order valence-corrected chi connectivity index (χ3v) is 4.97. The van der Waals surface area contributed by atoms with Crippen LogP contribution in [0, 0.1) is 11.6 Å². The summed E-state index contributed by atoms with van der Waals surface area (Å²) in [7, 11) is 0. The zero-order valence-corrected chi connectivity index (χ0v) is 14.0. The van der Waals surface area contributed by atoms with Gasteiger partial charge in [-0.1, -0.05) is 12.1 Å². The van der Waals surface area contributed by atoms with Gasteiger partial charge in [-0.2, -0.15) is 0 Å². The lowest BCUT2D eigenvalue weighted by molar-refractivity contribution is 0.0477. The second-order valence-electron chi connectivity index (χ2n) is 6.68. The van der Waals surface area contributed by atoms with E-state index in [1.165, 1.54) is 4.90 Å². The standard InChI is InChI=1S/C20H17F2NO3/c21-12-9-13(22)11-16(10-12)26-15-7-5-14(6-8-15)23-19(24)17-3-1-2-4-18(17)20(23)25/h1-4,9-11,14-15H,5-8H2. The molecule has 1 saturated carbocycles. The normalized spacial score (nSPS) is 22.5. The number of carbonyl (C=O) groups is 2. The first kappa shape index (κ1) is 16.7. The topological polar surface area (TPSA) is 46.6 Å². The molecule has 1 fully saturated rings. The summed E-state index contributed by atoms with van der Waals surface area (Å²) in [5.41, 5.74) is 0.900. The molecule has 0 N–H and O–H groups in total. The smallest absolute Gasteiger partial charge is 0.261 e. The van der Waals surface area contributed by atoms with Crippen molar-refractivity contribution in [3.8, 4) is 5.75 Å². The highest BCUT2D eigenvalue weighted by Crippen LogP contribution is 2.32. The first-order chi connectivity index (χ1) is 12.5. The van der Waals surface area contributed by atoms with Gasteiger partial charge in [0.15, 0.2) is 0 Å². The Balaban J connectivity index is 1.41. The van der Waals surface area contributed by atoms with Gasteiger partial charge in [0.25, 0.3) is 11.8 Å². The molecule has 1 aliphatic carbocycles. The van der Waals surface area contributed by atoms with Crippen molar-refractivity contribution >= 4 is 11.8 Å². The molecule has 0 spiro atoms. The number of hydrogen-bond acceptors (Lipinski definition) is 3. The third kappa shape index (κ3) is 2.96. The Bertz CT molecular complexity index is 820. The van der Waals surface area contributed by atoms with Crippen molar-refractivity contribution in [2.24, 2.45) is 0 Å². The van der Waals surface area contributed by atoms with E-state index in [1.54, 1.807) is 24.3 Å². The molecule has 134 valence electrons. The monoisotopic (exact) mass is 357 g/mol. The summed E-state index contributed by atoms with van der Waals surface area (Å²) in [6.45, 7) is 0. The lowest BCUT2D eigenvalue weighted by Gasteiger charge is -2.33. The summed E-state index contributed by atoms with van der Waals surface area (Å²) >= 11 is 0. The van der Waals surface area contributed by atoms with Crippen molar-refractivity contribution in [1.29, 1.82) is 0 Å². The van der Waals surface area contributed by atoms with E-state index < -0.39 is 11.6 Å². The lowest BCUT2D eigenvalue weighted by Crippen LogP contribution is -2.43. The van der Waals surface area contributed by atoms with Gasteiger partial charge in [0.1, 0.15) is 17.4 Å². The van der Waals surface area contributed by atoms with Crippen LogP contribution in [0.2, 0.25) is 0 Å². The molecule has 26 heavy (non-hydrogen) atoms. The number of ether oxygens (including phenoxy) is 1. The van der Waals surface area contributed by atoms with Crippen molar-refractivity contribution in [2.45, 2.75) is 37.8 Å². The number of halogens is 2. The summed E-state index contributed by atoms with van der Waals surface area (Å²) in [5, 5.41) is 0. The van der Waals surface area contributed by atoms with Crippen LogP contribution in [-0.2, 0) is 0 Å². The van der Waals surface area contributed by atoms with Gasteiger partial charge in [-0.25, -0.2) is 8.78 Å². The highest BCUT2D eigenvalue weighted by molar-refractivity contribution is 6.21. The van der Waals surface area contributed by atoms with E-state index in [1.807, 2.05) is 0 Å². The van der Waals surface area contributed by atoms with E-state index in [9.17, 15) is 18.4 Å². The maximum absolute atomic E-state index is 13.3. The van der Waals surface area contributed by atoms with Crippen molar-refractivity contribution in [3.63, 3.8) is 0 Å². The van der Waals surface area contributed by atoms with Crippen LogP contribution in [0.1, 0.15) is 46.4 Å². The molecule has 1 aliphatic heterocycles. The van der Waals surface area contributed by atoms with Crippen molar-refractivity contribution in [3.05, 3.63) is 65.2 Å². The van der Waals surface area contributed by atoms with Gasteiger partial charge in [0, 0.05) is 24.2 Å². The molecule has 0 saturated heterocycles. The molecule has 0 bridgehead atoms. The minimum Gasteiger partial charge on any atom is -0.490 e. The molecule has 0 unspecified atom stereocenters. The molecule has 2 aliphatic rings.